The lowest BCUT2D eigenvalue weighted by atomic mass is 9.96. The lowest BCUT2D eigenvalue weighted by molar-refractivity contribution is -0.384. The molecule has 0 N–H and O–H groups in total. The fraction of sp³-hybridized carbons (Fsp3) is 0.538. The minimum absolute atomic E-state index is 0.136. The first kappa shape index (κ1) is 15.0. The number of nitrogens with zero attached hydrogens (tertiary/aromatic N) is 2. The molecular formula is C13H19BrN2O2. The van der Waals surface area contributed by atoms with Crippen LogP contribution in [0, 0.1) is 15.5 Å². The van der Waals surface area contributed by atoms with E-state index in [1.54, 1.807) is 12.1 Å². The molecule has 0 saturated heterocycles. The molecule has 100 valence electrons. The first-order chi connectivity index (χ1) is 8.24. The molecule has 0 amide bonds. The van der Waals surface area contributed by atoms with Crippen LogP contribution in [0.2, 0.25) is 0 Å². The topological polar surface area (TPSA) is 46.4 Å². The van der Waals surface area contributed by atoms with Crippen molar-refractivity contribution >= 4 is 27.3 Å². The fourth-order valence-electron chi connectivity index (χ4n) is 1.96. The van der Waals surface area contributed by atoms with E-state index in [0.29, 0.717) is 5.33 Å². The number of alkyl halides is 1. The van der Waals surface area contributed by atoms with Gasteiger partial charge in [0.05, 0.1) is 4.92 Å². The second-order valence-corrected chi connectivity index (χ2v) is 6.18. The molecule has 0 saturated carbocycles. The van der Waals surface area contributed by atoms with E-state index in [9.17, 15) is 10.1 Å². The summed E-state index contributed by atoms with van der Waals surface area (Å²) in [7, 11) is 2.01. The third kappa shape index (κ3) is 3.98. The van der Waals surface area contributed by atoms with Crippen LogP contribution in [-0.2, 0) is 5.33 Å². The summed E-state index contributed by atoms with van der Waals surface area (Å²) >= 11 is 3.39. The largest absolute Gasteiger partial charge is 0.374 e. The molecule has 5 heteroatoms. The van der Waals surface area contributed by atoms with Gasteiger partial charge >= 0.3 is 0 Å². The number of benzene rings is 1. The Balaban J connectivity index is 3.05. The molecule has 0 bridgehead atoms. The van der Waals surface area contributed by atoms with E-state index in [-0.39, 0.29) is 16.0 Å². The fourth-order valence-corrected chi connectivity index (χ4v) is 2.41. The Morgan fingerprint density at radius 1 is 1.39 bits per heavy atom. The molecule has 0 radical (unpaired) electrons. The third-order valence-corrected chi connectivity index (χ3v) is 3.14. The minimum atomic E-state index is -0.361. The van der Waals surface area contributed by atoms with Gasteiger partial charge in [0.1, 0.15) is 0 Å². The summed E-state index contributed by atoms with van der Waals surface area (Å²) in [4.78, 5) is 12.5. The normalized spacial score (nSPS) is 11.4. The lowest BCUT2D eigenvalue weighted by Crippen LogP contribution is -2.29. The number of nitro benzene ring substituents is 1. The van der Waals surface area contributed by atoms with Gasteiger partial charge in [-0.25, -0.2) is 0 Å². The van der Waals surface area contributed by atoms with E-state index in [4.69, 9.17) is 0 Å². The van der Waals surface area contributed by atoms with Crippen molar-refractivity contribution in [1.82, 2.24) is 0 Å². The quantitative estimate of drug-likeness (QED) is 0.480. The van der Waals surface area contributed by atoms with Crippen molar-refractivity contribution in [3.8, 4) is 0 Å². The van der Waals surface area contributed by atoms with Gasteiger partial charge in [-0.2, -0.15) is 0 Å². The predicted molar refractivity (Wildman–Crippen MR) is 78.5 cm³/mol. The van der Waals surface area contributed by atoms with Crippen molar-refractivity contribution in [2.24, 2.45) is 5.41 Å². The predicted octanol–water partition coefficient (Wildman–Crippen LogP) is 3.97. The van der Waals surface area contributed by atoms with Crippen LogP contribution >= 0.6 is 15.9 Å². The second-order valence-electron chi connectivity index (χ2n) is 5.62. The van der Waals surface area contributed by atoms with Crippen molar-refractivity contribution in [3.63, 3.8) is 0 Å². The van der Waals surface area contributed by atoms with Crippen LogP contribution in [0.5, 0.6) is 0 Å². The van der Waals surface area contributed by atoms with Crippen molar-refractivity contribution in [3.05, 3.63) is 33.9 Å². The third-order valence-electron chi connectivity index (χ3n) is 2.54. The van der Waals surface area contributed by atoms with Crippen LogP contribution in [0.4, 0.5) is 11.4 Å². The first-order valence-electron chi connectivity index (χ1n) is 5.79. The highest BCUT2D eigenvalue weighted by Gasteiger charge is 2.17. The highest BCUT2D eigenvalue weighted by molar-refractivity contribution is 9.08. The van der Waals surface area contributed by atoms with Crippen LogP contribution in [0.15, 0.2) is 18.2 Å². The molecule has 0 atom stereocenters. The van der Waals surface area contributed by atoms with Gasteiger partial charge in [-0.1, -0.05) is 36.7 Å². The summed E-state index contributed by atoms with van der Waals surface area (Å²) in [6.45, 7) is 7.40. The summed E-state index contributed by atoms with van der Waals surface area (Å²) in [5, 5.41) is 11.4. The Labute approximate surface area is 116 Å². The van der Waals surface area contributed by atoms with E-state index in [1.165, 1.54) is 0 Å². The van der Waals surface area contributed by atoms with E-state index < -0.39 is 0 Å². The monoisotopic (exact) mass is 314 g/mol. The number of hydrogen-bond donors (Lipinski definition) is 0. The van der Waals surface area contributed by atoms with Gasteiger partial charge in [0.25, 0.3) is 5.69 Å². The molecule has 0 fully saturated rings. The van der Waals surface area contributed by atoms with E-state index in [2.05, 4.69) is 41.6 Å². The van der Waals surface area contributed by atoms with Crippen molar-refractivity contribution < 1.29 is 4.92 Å². The molecule has 0 aliphatic heterocycles. The smallest absolute Gasteiger partial charge is 0.269 e. The SMILES string of the molecule is CN(CC(C)(C)C)c1ccc([N+](=O)[O-])cc1CBr. The summed E-state index contributed by atoms with van der Waals surface area (Å²) in [5.41, 5.74) is 2.29. The summed E-state index contributed by atoms with van der Waals surface area (Å²) < 4.78 is 0. The molecule has 0 heterocycles. The van der Waals surface area contributed by atoms with Gasteiger partial charge in [0.15, 0.2) is 0 Å². The van der Waals surface area contributed by atoms with Crippen molar-refractivity contribution in [1.29, 1.82) is 0 Å². The molecule has 1 aromatic carbocycles. The standard InChI is InChI=1S/C13H19BrN2O2/c1-13(2,3)9-15(4)12-6-5-11(16(17)18)7-10(12)8-14/h5-7H,8-9H2,1-4H3. The molecular weight excluding hydrogens is 296 g/mol. The molecule has 0 spiro atoms. The number of non-ortho nitro benzene ring substituents is 1. The zero-order chi connectivity index (χ0) is 13.9. The molecule has 0 aliphatic carbocycles. The van der Waals surface area contributed by atoms with Gasteiger partial charge in [-0.15, -0.1) is 0 Å². The zero-order valence-corrected chi connectivity index (χ0v) is 12.8. The Bertz CT molecular complexity index is 441. The van der Waals surface area contributed by atoms with E-state index >= 15 is 0 Å². The number of rotatable bonds is 4. The second kappa shape index (κ2) is 5.69. The van der Waals surface area contributed by atoms with Gasteiger partial charge in [0.2, 0.25) is 0 Å². The van der Waals surface area contributed by atoms with Crippen LogP contribution in [0.1, 0.15) is 26.3 Å². The van der Waals surface area contributed by atoms with Crippen molar-refractivity contribution in [2.45, 2.75) is 26.1 Å². The Morgan fingerprint density at radius 3 is 2.44 bits per heavy atom. The lowest BCUT2D eigenvalue weighted by Gasteiger charge is -2.29. The summed E-state index contributed by atoms with van der Waals surface area (Å²) in [6, 6.07) is 5.00. The van der Waals surface area contributed by atoms with Crippen LogP contribution in [0.25, 0.3) is 0 Å². The average Bonchev–Trinajstić information content (AvgIpc) is 2.25. The molecule has 1 aromatic rings. The highest BCUT2D eigenvalue weighted by Crippen LogP contribution is 2.28. The number of hydrogen-bond acceptors (Lipinski definition) is 3. The maximum absolute atomic E-state index is 10.8. The average molecular weight is 315 g/mol. The van der Waals surface area contributed by atoms with E-state index in [0.717, 1.165) is 17.8 Å². The van der Waals surface area contributed by atoms with Gasteiger partial charge in [-0.05, 0) is 17.0 Å². The van der Waals surface area contributed by atoms with Crippen LogP contribution in [-0.4, -0.2) is 18.5 Å². The summed E-state index contributed by atoms with van der Waals surface area (Å²) in [6.07, 6.45) is 0. The number of nitro groups is 1. The maximum Gasteiger partial charge on any atom is 0.269 e. The van der Waals surface area contributed by atoms with Gasteiger partial charge < -0.3 is 4.90 Å². The number of anilines is 1. The van der Waals surface area contributed by atoms with Crippen LogP contribution in [0.3, 0.4) is 0 Å². The van der Waals surface area contributed by atoms with Gasteiger partial charge in [0, 0.05) is 36.7 Å². The Morgan fingerprint density at radius 2 is 2.00 bits per heavy atom. The maximum atomic E-state index is 10.8. The summed E-state index contributed by atoms with van der Waals surface area (Å²) in [5.74, 6) is 0. The molecule has 4 nitrogen and oxygen atoms in total. The molecule has 1 rings (SSSR count). The van der Waals surface area contributed by atoms with E-state index in [1.807, 2.05) is 13.1 Å². The van der Waals surface area contributed by atoms with Gasteiger partial charge in [-0.3, -0.25) is 10.1 Å². The number of halogens is 1. The molecule has 0 aliphatic rings. The molecule has 0 aromatic heterocycles. The van der Waals surface area contributed by atoms with Crippen molar-refractivity contribution in [2.75, 3.05) is 18.5 Å². The first-order valence-corrected chi connectivity index (χ1v) is 6.91. The molecule has 0 unspecified atom stereocenters. The molecule has 18 heavy (non-hydrogen) atoms. The Kier molecular flexibility index (Phi) is 4.73. The zero-order valence-electron chi connectivity index (χ0n) is 11.2. The Hall–Kier alpha value is -1.10. The van der Waals surface area contributed by atoms with Crippen LogP contribution < -0.4 is 4.90 Å². The highest BCUT2D eigenvalue weighted by atomic mass is 79.9. The minimum Gasteiger partial charge on any atom is -0.374 e.